The monoisotopic (exact) mass is 444 g/mol. The van der Waals surface area contributed by atoms with Crippen molar-refractivity contribution >= 4 is 39.3 Å². The first-order valence-electron chi connectivity index (χ1n) is 8.14. The number of para-hydroxylation sites is 1. The molecule has 156 valence electrons. The van der Waals surface area contributed by atoms with Crippen LogP contribution >= 0.6 is 11.8 Å². The molecule has 0 aliphatic carbocycles. The van der Waals surface area contributed by atoms with E-state index in [1.807, 2.05) is 0 Å². The van der Waals surface area contributed by atoms with Gasteiger partial charge in [0.2, 0.25) is 10.0 Å². The van der Waals surface area contributed by atoms with Gasteiger partial charge in [0.15, 0.2) is 6.61 Å². The second kappa shape index (κ2) is 9.81. The van der Waals surface area contributed by atoms with Crippen molar-refractivity contribution in [3.8, 4) is 0 Å². The van der Waals surface area contributed by atoms with E-state index in [0.29, 0.717) is 0 Å². The average Bonchev–Trinajstić information content (AvgIpc) is 2.67. The highest BCUT2D eigenvalue weighted by molar-refractivity contribution is 7.99. The Labute approximate surface area is 171 Å². The number of hydrogen-bond acceptors (Lipinski definition) is 6. The number of sulfonamides is 1. The Morgan fingerprint density at radius 1 is 1.10 bits per heavy atom. The minimum atomic E-state index is -3.63. The molecule has 1 N–H and O–H groups in total. The van der Waals surface area contributed by atoms with Crippen LogP contribution < -0.4 is 5.32 Å². The molecule has 2 aromatic rings. The number of carbonyl (C=O) groups excluding carboxylic acids is 2. The van der Waals surface area contributed by atoms with Crippen LogP contribution in [0.15, 0.2) is 58.3 Å². The molecule has 29 heavy (non-hydrogen) atoms. The Bertz CT molecular complexity index is 980. The normalized spacial score (nSPS) is 11.5. The van der Waals surface area contributed by atoms with E-state index in [4.69, 9.17) is 4.74 Å². The van der Waals surface area contributed by atoms with Gasteiger partial charge in [0.25, 0.3) is 11.7 Å². The number of anilines is 1. The number of thioether (sulfide) groups is 1. The molecule has 0 aromatic heterocycles. The zero-order valence-corrected chi connectivity index (χ0v) is 17.1. The number of esters is 1. The fourth-order valence-electron chi connectivity index (χ4n) is 2.14. The molecule has 0 fully saturated rings. The van der Waals surface area contributed by atoms with Crippen LogP contribution in [0.1, 0.15) is 10.4 Å². The lowest BCUT2D eigenvalue weighted by Gasteiger charge is -2.12. The van der Waals surface area contributed by atoms with Crippen molar-refractivity contribution in [2.45, 2.75) is 15.5 Å². The smallest absolute Gasteiger partial charge is 0.338 e. The molecule has 0 radical (unpaired) electrons. The predicted octanol–water partition coefficient (Wildman–Crippen LogP) is 3.05. The maximum absolute atomic E-state index is 12.6. The van der Waals surface area contributed by atoms with Crippen LogP contribution in [0, 0.1) is 0 Å². The van der Waals surface area contributed by atoms with E-state index in [2.05, 4.69) is 5.32 Å². The SMILES string of the molecule is CN(C)S(=O)(=O)c1ccc(C(=O)OCC(=O)Nc2ccccc2SC(F)F)cc1. The molecule has 0 spiro atoms. The summed E-state index contributed by atoms with van der Waals surface area (Å²) in [6, 6.07) is 11.1. The number of benzene rings is 2. The van der Waals surface area contributed by atoms with Crippen LogP contribution in [0.2, 0.25) is 0 Å². The Morgan fingerprint density at radius 3 is 2.31 bits per heavy atom. The molecule has 0 heterocycles. The number of rotatable bonds is 8. The Balaban J connectivity index is 1.97. The van der Waals surface area contributed by atoms with Gasteiger partial charge in [0.1, 0.15) is 0 Å². The molecule has 0 saturated carbocycles. The molecule has 0 saturated heterocycles. The summed E-state index contributed by atoms with van der Waals surface area (Å²) in [5, 5.41) is 2.41. The van der Waals surface area contributed by atoms with Gasteiger partial charge in [-0.25, -0.2) is 17.5 Å². The van der Waals surface area contributed by atoms with Crippen LogP contribution in [0.4, 0.5) is 14.5 Å². The number of nitrogens with one attached hydrogen (secondary N) is 1. The van der Waals surface area contributed by atoms with Gasteiger partial charge < -0.3 is 10.1 Å². The summed E-state index contributed by atoms with van der Waals surface area (Å²) in [4.78, 5) is 24.2. The standard InChI is InChI=1S/C18H18F2N2O5S2/c1-22(2)29(25,26)13-9-7-12(8-10-13)17(24)27-11-16(23)21-14-5-3-4-6-15(14)28-18(19)20/h3-10,18H,11H2,1-2H3,(H,21,23). The zero-order valence-electron chi connectivity index (χ0n) is 15.5. The van der Waals surface area contributed by atoms with E-state index < -0.39 is 34.3 Å². The molecular weight excluding hydrogens is 426 g/mol. The zero-order chi connectivity index (χ0) is 21.6. The van der Waals surface area contributed by atoms with E-state index in [0.717, 1.165) is 4.31 Å². The van der Waals surface area contributed by atoms with Gasteiger partial charge in [-0.15, -0.1) is 0 Å². The second-order valence-corrected chi connectivity index (χ2v) is 8.99. The van der Waals surface area contributed by atoms with Crippen molar-refractivity contribution in [1.82, 2.24) is 4.31 Å². The fourth-order valence-corrected chi connectivity index (χ4v) is 3.64. The summed E-state index contributed by atoms with van der Waals surface area (Å²) in [7, 11) is -0.865. The van der Waals surface area contributed by atoms with Crippen LogP contribution in [0.3, 0.4) is 0 Å². The molecule has 1 amide bonds. The number of ether oxygens (including phenoxy) is 1. The maximum Gasteiger partial charge on any atom is 0.338 e. The van der Waals surface area contributed by atoms with Crippen molar-refractivity contribution in [1.29, 1.82) is 0 Å². The van der Waals surface area contributed by atoms with Crippen LogP contribution in [-0.2, 0) is 19.6 Å². The Kier molecular flexibility index (Phi) is 7.71. The number of alkyl halides is 2. The number of amides is 1. The third-order valence-corrected chi connectivity index (χ3v) is 6.20. The highest BCUT2D eigenvalue weighted by Crippen LogP contribution is 2.31. The summed E-state index contributed by atoms with van der Waals surface area (Å²) in [5.41, 5.74) is 0.237. The average molecular weight is 444 g/mol. The lowest BCUT2D eigenvalue weighted by atomic mass is 10.2. The first-order chi connectivity index (χ1) is 13.6. The lowest BCUT2D eigenvalue weighted by molar-refractivity contribution is -0.119. The van der Waals surface area contributed by atoms with Crippen molar-refractivity contribution in [2.24, 2.45) is 0 Å². The van der Waals surface area contributed by atoms with Crippen molar-refractivity contribution in [2.75, 3.05) is 26.0 Å². The Hall–Kier alpha value is -2.50. The summed E-state index contributed by atoms with van der Waals surface area (Å²) in [6.45, 7) is -0.635. The quantitative estimate of drug-likeness (QED) is 0.497. The molecule has 2 aromatic carbocycles. The molecule has 11 heteroatoms. The van der Waals surface area contributed by atoms with E-state index in [-0.39, 0.29) is 32.8 Å². The minimum Gasteiger partial charge on any atom is -0.452 e. The maximum atomic E-state index is 12.6. The number of carbonyl (C=O) groups is 2. The van der Waals surface area contributed by atoms with Crippen LogP contribution in [0.5, 0.6) is 0 Å². The Morgan fingerprint density at radius 2 is 1.72 bits per heavy atom. The number of halogens is 2. The van der Waals surface area contributed by atoms with E-state index >= 15 is 0 Å². The topological polar surface area (TPSA) is 92.8 Å². The molecular formula is C18H18F2N2O5S2. The molecule has 0 bridgehead atoms. The van der Waals surface area contributed by atoms with E-state index in [9.17, 15) is 26.8 Å². The first-order valence-corrected chi connectivity index (χ1v) is 10.5. The van der Waals surface area contributed by atoms with Gasteiger partial charge in [0, 0.05) is 19.0 Å². The second-order valence-electron chi connectivity index (χ2n) is 5.81. The highest BCUT2D eigenvalue weighted by Gasteiger charge is 2.18. The summed E-state index contributed by atoms with van der Waals surface area (Å²) in [5.74, 6) is -4.18. The third kappa shape index (κ3) is 6.24. The molecule has 0 unspecified atom stereocenters. The van der Waals surface area contributed by atoms with Gasteiger partial charge in [-0.1, -0.05) is 23.9 Å². The first kappa shape index (κ1) is 22.8. The van der Waals surface area contributed by atoms with E-state index in [1.165, 1.54) is 50.5 Å². The molecule has 0 aliphatic rings. The van der Waals surface area contributed by atoms with Crippen molar-refractivity contribution in [3.05, 3.63) is 54.1 Å². The highest BCUT2D eigenvalue weighted by atomic mass is 32.2. The van der Waals surface area contributed by atoms with E-state index in [1.54, 1.807) is 12.1 Å². The van der Waals surface area contributed by atoms with Gasteiger partial charge in [-0.2, -0.15) is 8.78 Å². The van der Waals surface area contributed by atoms with Gasteiger partial charge in [-0.3, -0.25) is 4.79 Å². The van der Waals surface area contributed by atoms with Crippen molar-refractivity contribution < 1.29 is 31.5 Å². The fraction of sp³-hybridized carbons (Fsp3) is 0.222. The largest absolute Gasteiger partial charge is 0.452 e. The summed E-state index contributed by atoms with van der Waals surface area (Å²) >= 11 is 0.285. The van der Waals surface area contributed by atoms with Gasteiger partial charge in [-0.05, 0) is 36.4 Å². The molecule has 0 atom stereocenters. The van der Waals surface area contributed by atoms with Crippen LogP contribution in [0.25, 0.3) is 0 Å². The summed E-state index contributed by atoms with van der Waals surface area (Å²) in [6.07, 6.45) is 0. The lowest BCUT2D eigenvalue weighted by Crippen LogP contribution is -2.22. The molecule has 2 rings (SSSR count). The molecule has 0 aliphatic heterocycles. The van der Waals surface area contributed by atoms with Crippen LogP contribution in [-0.4, -0.2) is 51.1 Å². The summed E-state index contributed by atoms with van der Waals surface area (Å²) < 4.78 is 55.1. The molecule has 7 nitrogen and oxygen atoms in total. The number of nitrogens with zero attached hydrogens (tertiary/aromatic N) is 1. The van der Waals surface area contributed by atoms with Gasteiger partial charge >= 0.3 is 5.97 Å². The predicted molar refractivity (Wildman–Crippen MR) is 105 cm³/mol. The van der Waals surface area contributed by atoms with Gasteiger partial charge in [0.05, 0.1) is 16.1 Å². The number of hydrogen-bond donors (Lipinski definition) is 1. The minimum absolute atomic E-state index is 0.00456. The third-order valence-electron chi connectivity index (χ3n) is 3.58. The van der Waals surface area contributed by atoms with Crippen molar-refractivity contribution in [3.63, 3.8) is 0 Å².